The lowest BCUT2D eigenvalue weighted by Crippen LogP contribution is -2.45. The van der Waals surface area contributed by atoms with Crippen molar-refractivity contribution in [2.75, 3.05) is 0 Å². The second-order valence-corrected chi connectivity index (χ2v) is 13.6. The average Bonchev–Trinajstić information content (AvgIpc) is 2.55. The number of rotatable bonds is 2. The maximum Gasteiger partial charge on any atom is 0.192 e. The van der Waals surface area contributed by atoms with Gasteiger partial charge in [-0.15, -0.1) is 0 Å². The Morgan fingerprint density at radius 1 is 1.05 bits per heavy atom. The van der Waals surface area contributed by atoms with Gasteiger partial charge < -0.3 is 4.43 Å². The van der Waals surface area contributed by atoms with E-state index < -0.39 is 8.32 Å². The molecule has 5 aliphatic carbocycles. The Kier molecular flexibility index (Phi) is 2.14. The molecular formula is C16H25NOSi. The van der Waals surface area contributed by atoms with Crippen molar-refractivity contribution >= 4 is 8.32 Å². The quantitative estimate of drug-likeness (QED) is 0.721. The fourth-order valence-corrected chi connectivity index (χ4v) is 6.89. The van der Waals surface area contributed by atoms with E-state index in [-0.39, 0.29) is 0 Å². The summed E-state index contributed by atoms with van der Waals surface area (Å²) < 4.78 is 6.77. The molecule has 0 aromatic heterocycles. The number of hydrogen-bond donors (Lipinski definition) is 0. The molecule has 0 aromatic rings. The summed E-state index contributed by atoms with van der Waals surface area (Å²) in [5.74, 6) is 5.33. The number of nitrogens with zero attached hydrogens (tertiary/aromatic N) is 1. The van der Waals surface area contributed by atoms with Gasteiger partial charge in [0.2, 0.25) is 0 Å². The Labute approximate surface area is 117 Å². The number of nitriles is 1. The van der Waals surface area contributed by atoms with E-state index in [2.05, 4.69) is 39.9 Å². The summed E-state index contributed by atoms with van der Waals surface area (Å²) in [7, 11) is -1.65. The largest absolute Gasteiger partial charge is 0.413 e. The van der Waals surface area contributed by atoms with Gasteiger partial charge in [0.1, 0.15) is 0 Å². The summed E-state index contributed by atoms with van der Waals surface area (Å²) in [6.45, 7) is 11.7. The van der Waals surface area contributed by atoms with E-state index >= 15 is 0 Å². The van der Waals surface area contributed by atoms with Crippen LogP contribution < -0.4 is 0 Å². The third kappa shape index (κ3) is 1.30. The fraction of sp³-hybridized carbons (Fsp3) is 0.938. The van der Waals surface area contributed by atoms with Gasteiger partial charge in [0.25, 0.3) is 0 Å². The Morgan fingerprint density at radius 2 is 1.74 bits per heavy atom. The van der Waals surface area contributed by atoms with Gasteiger partial charge in [-0.1, -0.05) is 20.8 Å². The Morgan fingerprint density at radius 3 is 2.26 bits per heavy atom. The molecule has 0 N–H and O–H groups in total. The molecule has 0 spiro atoms. The van der Waals surface area contributed by atoms with Crippen LogP contribution in [0.25, 0.3) is 0 Å². The van der Waals surface area contributed by atoms with E-state index in [9.17, 15) is 5.26 Å². The van der Waals surface area contributed by atoms with Crippen LogP contribution in [0.15, 0.2) is 0 Å². The minimum atomic E-state index is -1.65. The van der Waals surface area contributed by atoms with Gasteiger partial charge in [-0.05, 0) is 60.1 Å². The molecule has 5 aliphatic rings. The zero-order valence-electron chi connectivity index (χ0n) is 12.7. The average molecular weight is 275 g/mol. The maximum atomic E-state index is 9.33. The summed E-state index contributed by atoms with van der Waals surface area (Å²) in [5.41, 5.74) is 0. The van der Waals surface area contributed by atoms with Crippen molar-refractivity contribution in [1.29, 1.82) is 5.26 Å². The lowest BCUT2D eigenvalue weighted by atomic mass is 9.89. The highest BCUT2D eigenvalue weighted by Crippen LogP contribution is 2.82. The minimum Gasteiger partial charge on any atom is -0.413 e. The van der Waals surface area contributed by atoms with Crippen molar-refractivity contribution < 1.29 is 4.43 Å². The van der Waals surface area contributed by atoms with Crippen LogP contribution in [0.5, 0.6) is 0 Å². The van der Waals surface area contributed by atoms with E-state index in [0.29, 0.717) is 23.0 Å². The van der Waals surface area contributed by atoms with Crippen LogP contribution in [-0.2, 0) is 4.43 Å². The van der Waals surface area contributed by atoms with Crippen LogP contribution in [0.3, 0.4) is 0 Å². The van der Waals surface area contributed by atoms with Gasteiger partial charge >= 0.3 is 0 Å². The van der Waals surface area contributed by atoms with Gasteiger partial charge in [0, 0.05) is 0 Å². The first-order valence-electron chi connectivity index (χ1n) is 7.85. The molecule has 0 aromatic carbocycles. The van der Waals surface area contributed by atoms with Gasteiger partial charge in [-0.3, -0.25) is 0 Å². The summed E-state index contributed by atoms with van der Waals surface area (Å²) in [5, 5.41) is 9.63. The molecule has 6 bridgehead atoms. The molecule has 0 heterocycles. The Bertz CT molecular complexity index is 474. The minimum absolute atomic E-state index is 0.304. The second-order valence-electron chi connectivity index (χ2n) is 8.86. The van der Waals surface area contributed by atoms with Crippen LogP contribution >= 0.6 is 0 Å². The third-order valence-corrected chi connectivity index (χ3v) is 11.7. The summed E-state index contributed by atoms with van der Waals surface area (Å²) in [6, 6.07) is 2.58. The Hall–Kier alpha value is -0.333. The summed E-state index contributed by atoms with van der Waals surface area (Å²) in [4.78, 5) is 0. The van der Waals surface area contributed by atoms with Crippen molar-refractivity contribution in [2.45, 2.75) is 51.4 Å². The molecule has 5 rings (SSSR count). The van der Waals surface area contributed by atoms with Crippen LogP contribution in [0.4, 0.5) is 0 Å². The molecule has 0 saturated heterocycles. The SMILES string of the molecule is CC(C)(C)[Si](C)(C)O[C@H]1[C@H]2[C@H]3[C@@H]4C[C@@H](C#N)[C@H]([C@H]32)[C@@H]41. The predicted molar refractivity (Wildman–Crippen MR) is 76.7 cm³/mol. The van der Waals surface area contributed by atoms with E-state index in [4.69, 9.17) is 4.43 Å². The van der Waals surface area contributed by atoms with Gasteiger partial charge in [-0.2, -0.15) is 5.26 Å². The van der Waals surface area contributed by atoms with Crippen LogP contribution in [0, 0.1) is 52.8 Å². The first kappa shape index (κ1) is 12.4. The molecule has 0 amide bonds. The van der Waals surface area contributed by atoms with E-state index in [1.54, 1.807) is 0 Å². The van der Waals surface area contributed by atoms with Crippen molar-refractivity contribution in [2.24, 2.45) is 41.4 Å². The highest BCUT2D eigenvalue weighted by atomic mass is 28.4. The van der Waals surface area contributed by atoms with Gasteiger partial charge in [0.15, 0.2) is 8.32 Å². The van der Waals surface area contributed by atoms with E-state index in [0.717, 1.165) is 29.6 Å². The second kappa shape index (κ2) is 3.28. The summed E-state index contributed by atoms with van der Waals surface area (Å²) in [6.07, 6.45) is 1.70. The van der Waals surface area contributed by atoms with Crippen molar-refractivity contribution in [3.05, 3.63) is 0 Å². The van der Waals surface area contributed by atoms with E-state index in [1.165, 1.54) is 6.42 Å². The summed E-state index contributed by atoms with van der Waals surface area (Å²) >= 11 is 0. The number of hydrogen-bond acceptors (Lipinski definition) is 2. The third-order valence-electron chi connectivity index (χ3n) is 7.22. The van der Waals surface area contributed by atoms with Crippen LogP contribution in [0.2, 0.25) is 18.1 Å². The molecule has 0 unspecified atom stereocenters. The van der Waals surface area contributed by atoms with Crippen LogP contribution in [0.1, 0.15) is 27.2 Å². The molecule has 0 aliphatic heterocycles. The van der Waals surface area contributed by atoms with Crippen LogP contribution in [-0.4, -0.2) is 14.4 Å². The highest BCUT2D eigenvalue weighted by molar-refractivity contribution is 6.74. The zero-order valence-corrected chi connectivity index (χ0v) is 13.7. The first-order chi connectivity index (χ1) is 8.78. The lowest BCUT2D eigenvalue weighted by Gasteiger charge is -2.39. The molecule has 3 heteroatoms. The van der Waals surface area contributed by atoms with E-state index in [1.807, 2.05) is 0 Å². The molecule has 0 radical (unpaired) electrons. The molecule has 5 fully saturated rings. The van der Waals surface area contributed by atoms with Crippen molar-refractivity contribution in [3.8, 4) is 6.07 Å². The fourth-order valence-electron chi connectivity index (χ4n) is 5.54. The van der Waals surface area contributed by atoms with Crippen molar-refractivity contribution in [3.63, 3.8) is 0 Å². The first-order valence-corrected chi connectivity index (χ1v) is 10.8. The molecule has 104 valence electrons. The molecular weight excluding hydrogens is 250 g/mol. The zero-order chi connectivity index (χ0) is 13.7. The smallest absolute Gasteiger partial charge is 0.192 e. The lowest BCUT2D eigenvalue weighted by molar-refractivity contribution is 0.127. The van der Waals surface area contributed by atoms with Crippen molar-refractivity contribution in [1.82, 2.24) is 0 Å². The standard InChI is InChI=1S/C16H25NOSi/c1-16(2,3)19(4,5)18-15-12-9-6-8(7-17)10(12)13-11(9)14(13)15/h8-15H,6H2,1-5H3/t8-,9-,10-,11-,12+,13+,14-,15+/m0/s1. The van der Waals surface area contributed by atoms with Gasteiger partial charge in [-0.25, -0.2) is 0 Å². The predicted octanol–water partition coefficient (Wildman–Crippen LogP) is 3.66. The molecule has 2 nitrogen and oxygen atoms in total. The monoisotopic (exact) mass is 275 g/mol. The topological polar surface area (TPSA) is 33.0 Å². The highest BCUT2D eigenvalue weighted by Gasteiger charge is 2.82. The molecule has 19 heavy (non-hydrogen) atoms. The maximum absolute atomic E-state index is 9.33. The van der Waals surface area contributed by atoms with Gasteiger partial charge in [0.05, 0.1) is 18.1 Å². The Balaban J connectivity index is 1.57. The molecule has 5 saturated carbocycles. The molecule has 8 atom stereocenters. The normalized spacial score (nSPS) is 53.5.